The van der Waals surface area contributed by atoms with Crippen molar-refractivity contribution in [3.05, 3.63) is 33.3 Å². The third-order valence-corrected chi connectivity index (χ3v) is 2.59. The lowest BCUT2D eigenvalue weighted by molar-refractivity contribution is 0.183. The molecule has 1 unspecified atom stereocenters. The van der Waals surface area contributed by atoms with Gasteiger partial charge in [-0.15, -0.1) is 0 Å². The zero-order valence-electron chi connectivity index (χ0n) is 7.00. The summed E-state index contributed by atoms with van der Waals surface area (Å²) in [7, 11) is 0. The number of hydrogen-bond acceptors (Lipinski definition) is 2. The van der Waals surface area contributed by atoms with Crippen LogP contribution in [0.5, 0.6) is 0 Å². The molecule has 72 valence electrons. The van der Waals surface area contributed by atoms with E-state index in [1.165, 1.54) is 0 Å². The Morgan fingerprint density at radius 3 is 2.77 bits per heavy atom. The van der Waals surface area contributed by atoms with Crippen LogP contribution in [0.2, 0.25) is 5.02 Å². The molecule has 0 saturated carbocycles. The minimum absolute atomic E-state index is 0.256. The first-order chi connectivity index (χ1) is 6.13. The Morgan fingerprint density at radius 1 is 1.54 bits per heavy atom. The molecule has 2 nitrogen and oxygen atoms in total. The van der Waals surface area contributed by atoms with Crippen molar-refractivity contribution in [3.8, 4) is 0 Å². The highest BCUT2D eigenvalue weighted by Crippen LogP contribution is 2.22. The summed E-state index contributed by atoms with van der Waals surface area (Å²) in [6, 6.07) is 5.58. The summed E-state index contributed by atoms with van der Waals surface area (Å²) < 4.78 is 0.934. The SMILES string of the molecule is NCC(O)Cc1ccc(Br)cc1Cl. The van der Waals surface area contributed by atoms with Gasteiger partial charge in [0.1, 0.15) is 0 Å². The van der Waals surface area contributed by atoms with Crippen molar-refractivity contribution in [1.29, 1.82) is 0 Å². The van der Waals surface area contributed by atoms with Gasteiger partial charge in [-0.25, -0.2) is 0 Å². The maximum atomic E-state index is 9.31. The molecule has 0 aromatic heterocycles. The fraction of sp³-hybridized carbons (Fsp3) is 0.333. The van der Waals surface area contributed by atoms with E-state index in [0.29, 0.717) is 11.4 Å². The largest absolute Gasteiger partial charge is 0.391 e. The van der Waals surface area contributed by atoms with Crippen LogP contribution in [0, 0.1) is 0 Å². The average Bonchev–Trinajstić information content (AvgIpc) is 2.09. The minimum Gasteiger partial charge on any atom is -0.391 e. The monoisotopic (exact) mass is 263 g/mol. The Balaban J connectivity index is 2.77. The van der Waals surface area contributed by atoms with E-state index in [4.69, 9.17) is 17.3 Å². The first-order valence-corrected chi connectivity index (χ1v) is 5.12. The molecule has 0 aliphatic carbocycles. The van der Waals surface area contributed by atoms with E-state index in [9.17, 15) is 5.11 Å². The molecular formula is C9H11BrClNO. The molecule has 0 aliphatic rings. The third kappa shape index (κ3) is 3.27. The van der Waals surface area contributed by atoms with E-state index >= 15 is 0 Å². The van der Waals surface area contributed by atoms with Crippen LogP contribution < -0.4 is 5.73 Å². The first kappa shape index (κ1) is 11.0. The summed E-state index contributed by atoms with van der Waals surface area (Å²) >= 11 is 9.26. The maximum Gasteiger partial charge on any atom is 0.0703 e. The molecule has 0 radical (unpaired) electrons. The normalized spacial score (nSPS) is 12.9. The molecule has 0 aliphatic heterocycles. The topological polar surface area (TPSA) is 46.2 Å². The molecule has 1 rings (SSSR count). The number of rotatable bonds is 3. The zero-order chi connectivity index (χ0) is 9.84. The molecule has 0 saturated heterocycles. The molecule has 1 atom stereocenters. The van der Waals surface area contributed by atoms with Crippen molar-refractivity contribution in [2.75, 3.05) is 6.54 Å². The third-order valence-electron chi connectivity index (χ3n) is 1.74. The van der Waals surface area contributed by atoms with Crippen LogP contribution in [0.15, 0.2) is 22.7 Å². The van der Waals surface area contributed by atoms with Crippen molar-refractivity contribution in [1.82, 2.24) is 0 Å². The van der Waals surface area contributed by atoms with Crippen molar-refractivity contribution >= 4 is 27.5 Å². The fourth-order valence-corrected chi connectivity index (χ4v) is 1.77. The van der Waals surface area contributed by atoms with Gasteiger partial charge in [0, 0.05) is 22.5 Å². The fourth-order valence-electron chi connectivity index (χ4n) is 1.02. The average molecular weight is 265 g/mol. The van der Waals surface area contributed by atoms with Gasteiger partial charge in [0.2, 0.25) is 0 Å². The quantitative estimate of drug-likeness (QED) is 0.877. The lowest BCUT2D eigenvalue weighted by Crippen LogP contribution is -2.22. The molecule has 0 amide bonds. The molecule has 0 spiro atoms. The Hall–Kier alpha value is -0.0900. The van der Waals surface area contributed by atoms with Gasteiger partial charge in [-0.05, 0) is 17.7 Å². The zero-order valence-corrected chi connectivity index (χ0v) is 9.35. The van der Waals surface area contributed by atoms with Gasteiger partial charge in [0.25, 0.3) is 0 Å². The molecule has 0 fully saturated rings. The Kier molecular flexibility index (Phi) is 4.19. The van der Waals surface area contributed by atoms with Gasteiger partial charge in [-0.2, -0.15) is 0 Å². The number of benzene rings is 1. The van der Waals surface area contributed by atoms with Gasteiger partial charge >= 0.3 is 0 Å². The lowest BCUT2D eigenvalue weighted by Gasteiger charge is -2.09. The summed E-state index contributed by atoms with van der Waals surface area (Å²) in [6.07, 6.45) is -0.0125. The van der Waals surface area contributed by atoms with Crippen LogP contribution in [0.3, 0.4) is 0 Å². The van der Waals surface area contributed by atoms with Crippen LogP contribution in [0.25, 0.3) is 0 Å². The number of hydrogen-bond donors (Lipinski definition) is 2. The van der Waals surface area contributed by atoms with E-state index in [1.54, 1.807) is 6.07 Å². The van der Waals surface area contributed by atoms with Crippen LogP contribution in [-0.2, 0) is 6.42 Å². The van der Waals surface area contributed by atoms with Crippen molar-refractivity contribution in [3.63, 3.8) is 0 Å². The molecule has 3 N–H and O–H groups in total. The van der Waals surface area contributed by atoms with Crippen molar-refractivity contribution < 1.29 is 5.11 Å². The van der Waals surface area contributed by atoms with Crippen LogP contribution in [0.1, 0.15) is 5.56 Å². The second-order valence-electron chi connectivity index (χ2n) is 2.83. The molecular weight excluding hydrogens is 253 g/mol. The van der Waals surface area contributed by atoms with Crippen LogP contribution in [-0.4, -0.2) is 17.8 Å². The molecule has 13 heavy (non-hydrogen) atoms. The molecule has 0 bridgehead atoms. The lowest BCUT2D eigenvalue weighted by atomic mass is 10.1. The molecule has 1 aromatic rings. The second-order valence-corrected chi connectivity index (χ2v) is 4.15. The second kappa shape index (κ2) is 4.96. The first-order valence-electron chi connectivity index (χ1n) is 3.95. The van der Waals surface area contributed by atoms with E-state index in [2.05, 4.69) is 15.9 Å². The number of aliphatic hydroxyl groups excluding tert-OH is 1. The van der Waals surface area contributed by atoms with Gasteiger partial charge in [-0.3, -0.25) is 0 Å². The predicted molar refractivity (Wildman–Crippen MR) is 57.9 cm³/mol. The Labute approximate surface area is 90.8 Å². The van der Waals surface area contributed by atoms with Gasteiger partial charge in [0.05, 0.1) is 6.10 Å². The van der Waals surface area contributed by atoms with E-state index in [-0.39, 0.29) is 6.54 Å². The maximum absolute atomic E-state index is 9.31. The molecule has 1 aromatic carbocycles. The predicted octanol–water partition coefficient (Wildman–Crippen LogP) is 1.96. The minimum atomic E-state index is -0.515. The van der Waals surface area contributed by atoms with Crippen LogP contribution >= 0.6 is 27.5 Å². The summed E-state index contributed by atoms with van der Waals surface area (Å²) in [5.41, 5.74) is 6.22. The van der Waals surface area contributed by atoms with Crippen molar-refractivity contribution in [2.45, 2.75) is 12.5 Å². The van der Waals surface area contributed by atoms with Crippen LogP contribution in [0.4, 0.5) is 0 Å². The highest BCUT2D eigenvalue weighted by Gasteiger charge is 2.06. The number of nitrogens with two attached hydrogens (primary N) is 1. The van der Waals surface area contributed by atoms with E-state index < -0.39 is 6.10 Å². The number of halogens is 2. The standard InChI is InChI=1S/C9H11BrClNO/c10-7-2-1-6(9(11)4-7)3-8(13)5-12/h1-2,4,8,13H,3,5,12H2. The summed E-state index contributed by atoms with van der Waals surface area (Å²) in [5, 5.41) is 9.96. The summed E-state index contributed by atoms with van der Waals surface area (Å²) in [5.74, 6) is 0. The Bertz CT molecular complexity index is 293. The van der Waals surface area contributed by atoms with E-state index in [0.717, 1.165) is 10.0 Å². The molecule has 4 heteroatoms. The highest BCUT2D eigenvalue weighted by molar-refractivity contribution is 9.10. The number of aliphatic hydroxyl groups is 1. The summed E-state index contributed by atoms with van der Waals surface area (Å²) in [6.45, 7) is 0.256. The van der Waals surface area contributed by atoms with Gasteiger partial charge < -0.3 is 10.8 Å². The van der Waals surface area contributed by atoms with E-state index in [1.807, 2.05) is 12.1 Å². The highest BCUT2D eigenvalue weighted by atomic mass is 79.9. The summed E-state index contributed by atoms with van der Waals surface area (Å²) in [4.78, 5) is 0. The smallest absolute Gasteiger partial charge is 0.0703 e. The van der Waals surface area contributed by atoms with Gasteiger partial charge in [0.15, 0.2) is 0 Å². The molecule has 0 heterocycles. The Morgan fingerprint density at radius 2 is 2.23 bits per heavy atom. The van der Waals surface area contributed by atoms with Gasteiger partial charge in [-0.1, -0.05) is 33.6 Å². The van der Waals surface area contributed by atoms with Crippen molar-refractivity contribution in [2.24, 2.45) is 5.73 Å².